The predicted molar refractivity (Wildman–Crippen MR) is 115 cm³/mol. The molecule has 0 bridgehead atoms. The molecule has 8 nitrogen and oxygen atoms in total. The molecule has 1 spiro atoms. The average Bonchev–Trinajstić information content (AvgIpc) is 3.40. The van der Waals surface area contributed by atoms with Crippen molar-refractivity contribution < 1.29 is 22.7 Å². The Kier molecular flexibility index (Phi) is 4.22. The number of carbonyl (C=O) groups excluding carboxylic acids is 2. The zero-order valence-electron chi connectivity index (χ0n) is 17.6. The molecule has 0 saturated carbocycles. The molecule has 2 aromatic rings. The highest BCUT2D eigenvalue weighted by Crippen LogP contribution is 2.49. The highest BCUT2D eigenvalue weighted by molar-refractivity contribution is 7.89. The van der Waals surface area contributed by atoms with E-state index in [1.807, 2.05) is 12.1 Å². The van der Waals surface area contributed by atoms with Crippen LogP contribution in [-0.4, -0.2) is 58.8 Å². The van der Waals surface area contributed by atoms with E-state index >= 15 is 0 Å². The third-order valence-electron chi connectivity index (χ3n) is 6.79. The quantitative estimate of drug-likeness (QED) is 0.721. The number of rotatable bonds is 3. The summed E-state index contributed by atoms with van der Waals surface area (Å²) >= 11 is 0. The number of sulfonamides is 1. The number of hydrogen-bond donors (Lipinski definition) is 0. The van der Waals surface area contributed by atoms with Gasteiger partial charge in [-0.15, -0.1) is 0 Å². The summed E-state index contributed by atoms with van der Waals surface area (Å²) in [6.07, 6.45) is 0.595. The number of likely N-dealkylation sites (N-methyl/N-ethyl adjacent to an activating group) is 2. The average molecular weight is 442 g/mol. The Balaban J connectivity index is 1.51. The van der Waals surface area contributed by atoms with Gasteiger partial charge in [0.15, 0.2) is 0 Å². The summed E-state index contributed by atoms with van der Waals surface area (Å²) in [7, 11) is 1.15. The Labute approximate surface area is 181 Å². The fourth-order valence-electron chi connectivity index (χ4n) is 4.99. The van der Waals surface area contributed by atoms with E-state index in [0.717, 1.165) is 16.9 Å². The third-order valence-corrected chi connectivity index (χ3v) is 8.64. The lowest BCUT2D eigenvalue weighted by Crippen LogP contribution is -2.42. The van der Waals surface area contributed by atoms with Crippen LogP contribution in [-0.2, 0) is 31.4 Å². The lowest BCUT2D eigenvalue weighted by Gasteiger charge is -2.23. The number of hydrogen-bond acceptors (Lipinski definition) is 5. The SMILES string of the molecule is COc1ccc2c(c1)C1(CCN(S(=O)(=O)c3ccc4c(c3)CC(=O)N4C)C1)C(=O)N2C. The molecule has 0 aromatic heterocycles. The van der Waals surface area contributed by atoms with Crippen molar-refractivity contribution in [3.63, 3.8) is 0 Å². The minimum Gasteiger partial charge on any atom is -0.497 e. The summed E-state index contributed by atoms with van der Waals surface area (Å²) in [4.78, 5) is 28.5. The lowest BCUT2D eigenvalue weighted by atomic mass is 9.81. The van der Waals surface area contributed by atoms with Crippen LogP contribution in [0.15, 0.2) is 41.3 Å². The van der Waals surface area contributed by atoms with Crippen molar-refractivity contribution in [2.45, 2.75) is 23.2 Å². The number of amides is 2. The van der Waals surface area contributed by atoms with Crippen molar-refractivity contribution in [2.75, 3.05) is 44.1 Å². The molecule has 3 heterocycles. The molecular weight excluding hydrogens is 418 g/mol. The second-order valence-corrected chi connectivity index (χ2v) is 10.3. The van der Waals surface area contributed by atoms with Gasteiger partial charge < -0.3 is 14.5 Å². The predicted octanol–water partition coefficient (Wildman–Crippen LogP) is 1.52. The molecule has 0 N–H and O–H groups in total. The highest BCUT2D eigenvalue weighted by Gasteiger charge is 2.55. The van der Waals surface area contributed by atoms with Crippen LogP contribution in [0.2, 0.25) is 0 Å². The zero-order valence-corrected chi connectivity index (χ0v) is 18.4. The minimum absolute atomic E-state index is 0.0604. The normalized spacial score (nSPS) is 23.1. The van der Waals surface area contributed by atoms with Crippen molar-refractivity contribution in [1.29, 1.82) is 0 Å². The molecule has 5 rings (SSSR count). The van der Waals surface area contributed by atoms with Gasteiger partial charge in [0.05, 0.1) is 23.8 Å². The number of nitrogens with zero attached hydrogens (tertiary/aromatic N) is 3. The summed E-state index contributed by atoms with van der Waals surface area (Å²) in [5.74, 6) is 0.472. The summed E-state index contributed by atoms with van der Waals surface area (Å²) in [6, 6.07) is 10.3. The number of carbonyl (C=O) groups is 2. The Bertz CT molecular complexity index is 1240. The highest BCUT2D eigenvalue weighted by atomic mass is 32.2. The molecule has 1 saturated heterocycles. The first-order valence-electron chi connectivity index (χ1n) is 10.1. The van der Waals surface area contributed by atoms with E-state index in [2.05, 4.69) is 0 Å². The van der Waals surface area contributed by atoms with E-state index in [9.17, 15) is 18.0 Å². The summed E-state index contributed by atoms with van der Waals surface area (Å²) in [6.45, 7) is 0.322. The fourth-order valence-corrected chi connectivity index (χ4v) is 6.55. The first-order valence-corrected chi connectivity index (χ1v) is 11.5. The van der Waals surface area contributed by atoms with Crippen molar-refractivity contribution in [1.82, 2.24) is 4.31 Å². The van der Waals surface area contributed by atoms with Gasteiger partial charge in [0.25, 0.3) is 0 Å². The van der Waals surface area contributed by atoms with Crippen LogP contribution in [0, 0.1) is 0 Å². The molecule has 3 aliphatic rings. The van der Waals surface area contributed by atoms with E-state index < -0.39 is 15.4 Å². The number of fused-ring (bicyclic) bond motifs is 3. The van der Waals surface area contributed by atoms with Crippen LogP contribution in [0.25, 0.3) is 0 Å². The Hall–Kier alpha value is -2.91. The van der Waals surface area contributed by atoms with Crippen LogP contribution in [0.5, 0.6) is 5.75 Å². The molecule has 0 radical (unpaired) electrons. The molecule has 1 fully saturated rings. The summed E-state index contributed by atoms with van der Waals surface area (Å²) in [5, 5.41) is 0. The van der Waals surface area contributed by atoms with E-state index in [4.69, 9.17) is 4.74 Å². The monoisotopic (exact) mass is 441 g/mol. The first kappa shape index (κ1) is 20.0. The standard InChI is InChI=1S/C22H23N3O5S/c1-23-18-7-5-16(10-14(18)11-20(23)26)31(28,29)25-9-8-22(13-25)17-12-15(30-3)4-6-19(17)24(2)21(22)27/h4-7,10,12H,8-9,11,13H2,1-3H3. The smallest absolute Gasteiger partial charge is 0.243 e. The molecule has 2 aromatic carbocycles. The van der Waals surface area contributed by atoms with Crippen LogP contribution in [0.3, 0.4) is 0 Å². The minimum atomic E-state index is -3.82. The summed E-state index contributed by atoms with van der Waals surface area (Å²) in [5.41, 5.74) is 2.10. The number of anilines is 2. The summed E-state index contributed by atoms with van der Waals surface area (Å²) < 4.78 is 33.6. The second kappa shape index (κ2) is 6.54. The Morgan fingerprint density at radius 2 is 1.74 bits per heavy atom. The largest absolute Gasteiger partial charge is 0.497 e. The maximum Gasteiger partial charge on any atom is 0.243 e. The molecule has 162 valence electrons. The number of ether oxygens (including phenoxy) is 1. The van der Waals surface area contributed by atoms with Gasteiger partial charge in [-0.05, 0) is 53.9 Å². The van der Waals surface area contributed by atoms with E-state index in [1.165, 1.54) is 15.3 Å². The van der Waals surface area contributed by atoms with E-state index in [-0.39, 0.29) is 36.2 Å². The zero-order chi connectivity index (χ0) is 22.1. The number of benzene rings is 2. The van der Waals surface area contributed by atoms with Gasteiger partial charge in [0.2, 0.25) is 21.8 Å². The third kappa shape index (κ3) is 2.66. The van der Waals surface area contributed by atoms with Crippen molar-refractivity contribution >= 4 is 33.2 Å². The molecule has 31 heavy (non-hydrogen) atoms. The van der Waals surface area contributed by atoms with Gasteiger partial charge in [-0.2, -0.15) is 4.31 Å². The van der Waals surface area contributed by atoms with Crippen LogP contribution in [0.1, 0.15) is 17.5 Å². The van der Waals surface area contributed by atoms with E-state index in [1.54, 1.807) is 44.3 Å². The van der Waals surface area contributed by atoms with Gasteiger partial charge in [0.1, 0.15) is 5.75 Å². The molecule has 9 heteroatoms. The molecule has 2 amide bonds. The fraction of sp³-hybridized carbons (Fsp3) is 0.364. The van der Waals surface area contributed by atoms with E-state index in [0.29, 0.717) is 17.7 Å². The van der Waals surface area contributed by atoms with Crippen LogP contribution < -0.4 is 14.5 Å². The molecular formula is C22H23N3O5S. The van der Waals surface area contributed by atoms with Gasteiger partial charge in [-0.3, -0.25) is 9.59 Å². The van der Waals surface area contributed by atoms with Crippen molar-refractivity contribution in [3.05, 3.63) is 47.5 Å². The first-order chi connectivity index (χ1) is 14.7. The van der Waals surface area contributed by atoms with Gasteiger partial charge in [-0.1, -0.05) is 0 Å². The van der Waals surface area contributed by atoms with Crippen molar-refractivity contribution in [3.8, 4) is 5.75 Å². The Morgan fingerprint density at radius 1 is 1.00 bits per heavy atom. The second-order valence-electron chi connectivity index (χ2n) is 8.34. The number of methoxy groups -OCH3 is 1. The Morgan fingerprint density at radius 3 is 2.48 bits per heavy atom. The maximum absolute atomic E-state index is 13.4. The molecule has 3 aliphatic heterocycles. The van der Waals surface area contributed by atoms with Crippen LogP contribution in [0.4, 0.5) is 11.4 Å². The molecule has 1 unspecified atom stereocenters. The van der Waals surface area contributed by atoms with Gasteiger partial charge in [-0.25, -0.2) is 8.42 Å². The topological polar surface area (TPSA) is 87.2 Å². The van der Waals surface area contributed by atoms with Crippen molar-refractivity contribution in [2.24, 2.45) is 0 Å². The van der Waals surface area contributed by atoms with Gasteiger partial charge >= 0.3 is 0 Å². The maximum atomic E-state index is 13.4. The lowest BCUT2D eigenvalue weighted by molar-refractivity contribution is -0.122. The molecule has 1 atom stereocenters. The van der Waals surface area contributed by atoms with Gasteiger partial charge in [0, 0.05) is 38.6 Å². The molecule has 0 aliphatic carbocycles. The van der Waals surface area contributed by atoms with Crippen LogP contribution >= 0.6 is 0 Å².